The van der Waals surface area contributed by atoms with E-state index in [2.05, 4.69) is 10.4 Å². The molecule has 5 rings (SSSR count). The summed E-state index contributed by atoms with van der Waals surface area (Å²) in [6.45, 7) is 3.37. The molecule has 1 aliphatic heterocycles. The monoisotopic (exact) mass is 474 g/mol. The second kappa shape index (κ2) is 8.38. The number of esters is 1. The quantitative estimate of drug-likeness (QED) is 0.639. The number of nitrogens with one attached hydrogen (secondary N) is 1. The highest BCUT2D eigenvalue weighted by atomic mass is 32.2. The van der Waals surface area contributed by atoms with Crippen LogP contribution in [-0.2, 0) is 19.4 Å². The fourth-order valence-corrected chi connectivity index (χ4v) is 6.66. The highest BCUT2D eigenvalue weighted by Gasteiger charge is 2.34. The number of sulfone groups is 1. The van der Waals surface area contributed by atoms with Gasteiger partial charge in [0.1, 0.15) is 0 Å². The molecule has 3 fully saturated rings. The lowest BCUT2D eigenvalue weighted by Gasteiger charge is -2.17. The number of hydrogen-bond acceptors (Lipinski definition) is 7. The van der Waals surface area contributed by atoms with Crippen LogP contribution >= 0.6 is 0 Å². The van der Waals surface area contributed by atoms with Gasteiger partial charge < -0.3 is 10.1 Å². The number of hydrogen-bond donors (Lipinski definition) is 1. The largest absolute Gasteiger partial charge is 0.449 e. The topological polar surface area (TPSA) is 120 Å². The molecule has 0 bridgehead atoms. The molecular weight excluding hydrogens is 444 g/mol. The van der Waals surface area contributed by atoms with E-state index in [4.69, 9.17) is 9.72 Å². The molecule has 0 spiro atoms. The van der Waals surface area contributed by atoms with E-state index in [9.17, 15) is 18.0 Å². The second-order valence-corrected chi connectivity index (χ2v) is 11.9. The van der Waals surface area contributed by atoms with E-state index >= 15 is 0 Å². The van der Waals surface area contributed by atoms with Crippen molar-refractivity contribution in [1.82, 2.24) is 20.1 Å². The summed E-state index contributed by atoms with van der Waals surface area (Å²) in [6, 6.07) is 1.61. The van der Waals surface area contributed by atoms with Crippen LogP contribution in [0.15, 0.2) is 6.07 Å². The standard InChI is InChI=1S/C23H30N4O5S/c1-13-20-18(23(29)32-14(2)22(28)24-16-5-3-4-6-16)11-19(15-7-8-15)25-21(20)27(26-13)17-9-10-33(30,31)12-17/h11,14-17H,3-10,12H2,1-2H3,(H,24,28)/t14-,17+/m0/s1. The zero-order valence-corrected chi connectivity index (χ0v) is 19.9. The van der Waals surface area contributed by atoms with Crippen molar-refractivity contribution in [3.8, 4) is 0 Å². The van der Waals surface area contributed by atoms with Crippen LogP contribution in [0.5, 0.6) is 0 Å². The Bertz CT molecular complexity index is 1210. The second-order valence-electron chi connectivity index (χ2n) is 9.69. The smallest absolute Gasteiger partial charge is 0.339 e. The number of carbonyl (C=O) groups is 2. The highest BCUT2D eigenvalue weighted by molar-refractivity contribution is 7.91. The van der Waals surface area contributed by atoms with E-state index in [0.29, 0.717) is 28.7 Å². The lowest BCUT2D eigenvalue weighted by Crippen LogP contribution is -2.40. The minimum absolute atomic E-state index is 0.0245. The Labute approximate surface area is 193 Å². The molecule has 1 amide bonds. The summed E-state index contributed by atoms with van der Waals surface area (Å²) in [6.07, 6.45) is 5.67. The Kier molecular flexibility index (Phi) is 5.66. The van der Waals surface area contributed by atoms with E-state index in [1.165, 1.54) is 0 Å². The zero-order chi connectivity index (χ0) is 23.3. The molecular formula is C23H30N4O5S. The molecule has 0 radical (unpaired) electrons. The lowest BCUT2D eigenvalue weighted by atomic mass is 10.1. The Morgan fingerprint density at radius 2 is 1.91 bits per heavy atom. The van der Waals surface area contributed by atoms with Gasteiger partial charge in [0.25, 0.3) is 5.91 Å². The molecule has 2 saturated carbocycles. The van der Waals surface area contributed by atoms with Gasteiger partial charge >= 0.3 is 5.97 Å². The number of aromatic nitrogens is 3. The van der Waals surface area contributed by atoms with E-state index in [1.807, 2.05) is 0 Å². The minimum Gasteiger partial charge on any atom is -0.449 e. The summed E-state index contributed by atoms with van der Waals surface area (Å²) in [7, 11) is -3.10. The normalized spacial score (nSPS) is 23.6. The molecule has 3 heterocycles. The van der Waals surface area contributed by atoms with Crippen LogP contribution in [0.4, 0.5) is 0 Å². The van der Waals surface area contributed by atoms with E-state index in [0.717, 1.165) is 44.2 Å². The molecule has 1 saturated heterocycles. The van der Waals surface area contributed by atoms with Gasteiger partial charge in [-0.05, 0) is 52.0 Å². The fraction of sp³-hybridized carbons (Fsp3) is 0.652. The third-order valence-electron chi connectivity index (χ3n) is 6.98. The first-order valence-corrected chi connectivity index (χ1v) is 13.7. The molecule has 2 atom stereocenters. The molecule has 10 heteroatoms. The van der Waals surface area contributed by atoms with Gasteiger partial charge in [0.05, 0.1) is 34.2 Å². The summed E-state index contributed by atoms with van der Waals surface area (Å²) in [5.74, 6) is -0.439. The van der Waals surface area contributed by atoms with Gasteiger partial charge in [-0.2, -0.15) is 5.10 Å². The fourth-order valence-electron chi connectivity index (χ4n) is 4.97. The van der Waals surface area contributed by atoms with Crippen molar-refractivity contribution < 1.29 is 22.7 Å². The first-order valence-electron chi connectivity index (χ1n) is 11.8. The molecule has 2 aromatic rings. The predicted octanol–water partition coefficient (Wildman–Crippen LogP) is 2.58. The van der Waals surface area contributed by atoms with Crippen molar-refractivity contribution >= 4 is 32.7 Å². The number of amides is 1. The maximum absolute atomic E-state index is 13.2. The number of aryl methyl sites for hydroxylation is 1. The Balaban J connectivity index is 1.45. The van der Waals surface area contributed by atoms with Crippen molar-refractivity contribution in [3.63, 3.8) is 0 Å². The van der Waals surface area contributed by atoms with Gasteiger partial charge in [0.2, 0.25) is 0 Å². The van der Waals surface area contributed by atoms with Crippen molar-refractivity contribution in [2.45, 2.75) is 82.9 Å². The molecule has 0 unspecified atom stereocenters. The van der Waals surface area contributed by atoms with E-state index in [1.54, 1.807) is 24.6 Å². The number of pyridine rings is 1. The van der Waals surface area contributed by atoms with Crippen molar-refractivity contribution in [1.29, 1.82) is 0 Å². The highest BCUT2D eigenvalue weighted by Crippen LogP contribution is 2.41. The van der Waals surface area contributed by atoms with Crippen LogP contribution in [-0.4, -0.2) is 58.7 Å². The number of nitrogens with zero attached hydrogens (tertiary/aromatic N) is 3. The van der Waals surface area contributed by atoms with Gasteiger partial charge in [-0.3, -0.25) is 4.79 Å². The number of carbonyl (C=O) groups excluding carboxylic acids is 2. The molecule has 2 aromatic heterocycles. The third-order valence-corrected chi connectivity index (χ3v) is 8.73. The summed E-state index contributed by atoms with van der Waals surface area (Å²) < 4.78 is 31.4. The van der Waals surface area contributed by atoms with Crippen LogP contribution in [0.2, 0.25) is 0 Å². The molecule has 9 nitrogen and oxygen atoms in total. The zero-order valence-electron chi connectivity index (χ0n) is 19.0. The van der Waals surface area contributed by atoms with Crippen molar-refractivity contribution in [3.05, 3.63) is 23.0 Å². The van der Waals surface area contributed by atoms with E-state index in [-0.39, 0.29) is 35.4 Å². The van der Waals surface area contributed by atoms with Gasteiger partial charge in [-0.1, -0.05) is 12.8 Å². The van der Waals surface area contributed by atoms with Crippen LogP contribution in [0.1, 0.15) is 85.6 Å². The number of ether oxygens (including phenoxy) is 1. The average molecular weight is 475 g/mol. The molecule has 178 valence electrons. The molecule has 3 aliphatic rings. The summed E-state index contributed by atoms with van der Waals surface area (Å²) >= 11 is 0. The summed E-state index contributed by atoms with van der Waals surface area (Å²) in [5, 5.41) is 8.12. The Hall–Kier alpha value is -2.49. The Morgan fingerprint density at radius 3 is 2.55 bits per heavy atom. The number of fused-ring (bicyclic) bond motifs is 1. The van der Waals surface area contributed by atoms with Crippen molar-refractivity contribution in [2.75, 3.05) is 11.5 Å². The van der Waals surface area contributed by atoms with Gasteiger partial charge in [-0.25, -0.2) is 22.9 Å². The van der Waals surface area contributed by atoms with Gasteiger partial charge in [0.15, 0.2) is 21.6 Å². The summed E-state index contributed by atoms with van der Waals surface area (Å²) in [4.78, 5) is 30.6. The predicted molar refractivity (Wildman–Crippen MR) is 122 cm³/mol. The molecule has 2 aliphatic carbocycles. The van der Waals surface area contributed by atoms with Gasteiger partial charge in [0, 0.05) is 17.7 Å². The van der Waals surface area contributed by atoms with E-state index < -0.39 is 21.9 Å². The molecule has 33 heavy (non-hydrogen) atoms. The van der Waals surface area contributed by atoms with Crippen molar-refractivity contribution in [2.24, 2.45) is 0 Å². The first kappa shape index (κ1) is 22.3. The first-order chi connectivity index (χ1) is 15.7. The van der Waals surface area contributed by atoms with Gasteiger partial charge in [-0.15, -0.1) is 0 Å². The molecule has 0 aromatic carbocycles. The van der Waals surface area contributed by atoms with Crippen LogP contribution < -0.4 is 5.32 Å². The maximum atomic E-state index is 13.2. The maximum Gasteiger partial charge on any atom is 0.339 e. The summed E-state index contributed by atoms with van der Waals surface area (Å²) in [5.41, 5.74) is 2.25. The average Bonchev–Trinajstić information content (AvgIpc) is 3.23. The van der Waals surface area contributed by atoms with Crippen LogP contribution in [0.25, 0.3) is 11.0 Å². The van der Waals surface area contributed by atoms with Crippen LogP contribution in [0.3, 0.4) is 0 Å². The minimum atomic E-state index is -3.10. The SMILES string of the molecule is Cc1nn([C@@H]2CCS(=O)(=O)C2)c2nc(C3CC3)cc(C(=O)O[C@@H](C)C(=O)NC3CCCC3)c12. The third kappa shape index (κ3) is 4.49. The number of rotatable bonds is 6. The Morgan fingerprint density at radius 1 is 1.18 bits per heavy atom. The molecule has 1 N–H and O–H groups in total. The lowest BCUT2D eigenvalue weighted by molar-refractivity contribution is -0.129. The van der Waals surface area contributed by atoms with Crippen LogP contribution in [0, 0.1) is 6.92 Å².